The highest BCUT2D eigenvalue weighted by Crippen LogP contribution is 2.32. The van der Waals surface area contributed by atoms with Crippen LogP contribution in [0.2, 0.25) is 0 Å². The Morgan fingerprint density at radius 2 is 1.82 bits per heavy atom. The number of anilines is 1. The molecule has 8 nitrogen and oxygen atoms in total. The van der Waals surface area contributed by atoms with E-state index in [4.69, 9.17) is 9.47 Å². The second kappa shape index (κ2) is 8.25. The summed E-state index contributed by atoms with van der Waals surface area (Å²) in [5.41, 5.74) is 3.09. The molecular weight excluding hydrogens is 442 g/mol. The van der Waals surface area contributed by atoms with Gasteiger partial charge in [-0.25, -0.2) is 4.79 Å². The molecule has 0 spiro atoms. The van der Waals surface area contributed by atoms with E-state index in [1.54, 1.807) is 29.6 Å². The number of fused-ring (bicyclic) bond motifs is 2. The molecule has 1 aliphatic heterocycles. The molecule has 4 aromatic rings. The monoisotopic (exact) mass is 463 g/mol. The number of hydrogen-bond acceptors (Lipinski definition) is 6. The first kappa shape index (κ1) is 21.0. The van der Waals surface area contributed by atoms with E-state index in [2.05, 4.69) is 5.32 Å². The number of hydrogen-bond donors (Lipinski definition) is 1. The highest BCUT2D eigenvalue weighted by atomic mass is 32.1. The standard InChI is InChI=1S/C24H21N3O5S/c1-14-3-5-17(9-15(14)2)25-21(28)12-26-18-7-8-33-22(18)23(29)27(24(26)30)11-16-4-6-19-20(10-16)32-13-31-19/h3-10H,11-13H2,1-2H3,(H,25,28). The van der Waals surface area contributed by atoms with Crippen molar-refractivity contribution < 1.29 is 14.3 Å². The van der Waals surface area contributed by atoms with Crippen LogP contribution < -0.4 is 26.0 Å². The van der Waals surface area contributed by atoms with Gasteiger partial charge in [0.25, 0.3) is 5.56 Å². The largest absolute Gasteiger partial charge is 0.454 e. The van der Waals surface area contributed by atoms with Crippen molar-refractivity contribution in [3.8, 4) is 11.5 Å². The lowest BCUT2D eigenvalue weighted by Gasteiger charge is -2.13. The molecule has 0 saturated carbocycles. The smallest absolute Gasteiger partial charge is 0.332 e. The first-order chi connectivity index (χ1) is 15.9. The van der Waals surface area contributed by atoms with E-state index in [9.17, 15) is 14.4 Å². The molecule has 33 heavy (non-hydrogen) atoms. The summed E-state index contributed by atoms with van der Waals surface area (Å²) in [6.07, 6.45) is 0. The SMILES string of the molecule is Cc1ccc(NC(=O)Cn2c(=O)n(Cc3ccc4c(c3)OCO4)c(=O)c3sccc32)cc1C. The number of amides is 1. The number of rotatable bonds is 5. The van der Waals surface area contributed by atoms with Crippen molar-refractivity contribution in [3.63, 3.8) is 0 Å². The van der Waals surface area contributed by atoms with Gasteiger partial charge in [0.05, 0.1) is 12.1 Å². The lowest BCUT2D eigenvalue weighted by molar-refractivity contribution is -0.116. The van der Waals surface area contributed by atoms with Gasteiger partial charge in [0.1, 0.15) is 11.2 Å². The van der Waals surface area contributed by atoms with Crippen LogP contribution in [-0.4, -0.2) is 21.8 Å². The number of carbonyl (C=O) groups excluding carboxylic acids is 1. The molecule has 168 valence electrons. The Kier molecular flexibility index (Phi) is 5.26. The fourth-order valence-corrected chi connectivity index (χ4v) is 4.65. The Morgan fingerprint density at radius 1 is 1.00 bits per heavy atom. The van der Waals surface area contributed by atoms with E-state index < -0.39 is 5.69 Å². The molecule has 5 rings (SSSR count). The Hall–Kier alpha value is -3.85. The van der Waals surface area contributed by atoms with Crippen molar-refractivity contribution in [2.75, 3.05) is 12.1 Å². The van der Waals surface area contributed by atoms with Crippen molar-refractivity contribution in [2.24, 2.45) is 0 Å². The highest BCUT2D eigenvalue weighted by molar-refractivity contribution is 7.17. The van der Waals surface area contributed by atoms with Crippen molar-refractivity contribution in [1.29, 1.82) is 0 Å². The Labute approximate surface area is 192 Å². The second-order valence-electron chi connectivity index (χ2n) is 7.93. The Bertz CT molecular complexity index is 1520. The number of carbonyl (C=O) groups is 1. The average Bonchev–Trinajstić information content (AvgIpc) is 3.46. The molecule has 1 amide bonds. The highest BCUT2D eigenvalue weighted by Gasteiger charge is 2.18. The van der Waals surface area contributed by atoms with Gasteiger partial charge in [-0.3, -0.25) is 18.7 Å². The number of thiophene rings is 1. The Balaban J connectivity index is 1.49. The molecule has 0 saturated heterocycles. The molecule has 0 unspecified atom stereocenters. The van der Waals surface area contributed by atoms with Crippen molar-refractivity contribution in [2.45, 2.75) is 26.9 Å². The van der Waals surface area contributed by atoms with E-state index in [1.807, 2.05) is 32.0 Å². The van der Waals surface area contributed by atoms with Crippen LogP contribution in [0.1, 0.15) is 16.7 Å². The third kappa shape index (κ3) is 3.91. The van der Waals surface area contributed by atoms with Crippen molar-refractivity contribution in [3.05, 3.63) is 85.4 Å². The molecule has 0 aliphatic carbocycles. The summed E-state index contributed by atoms with van der Waals surface area (Å²) < 4.78 is 13.6. The lowest BCUT2D eigenvalue weighted by Crippen LogP contribution is -2.41. The van der Waals surface area contributed by atoms with E-state index in [0.29, 0.717) is 27.4 Å². The molecular formula is C24H21N3O5S. The van der Waals surface area contributed by atoms with Crippen LogP contribution in [-0.2, 0) is 17.9 Å². The molecule has 0 atom stereocenters. The van der Waals surface area contributed by atoms with Gasteiger partial charge in [-0.05, 0) is 66.2 Å². The van der Waals surface area contributed by atoms with Gasteiger partial charge >= 0.3 is 5.69 Å². The van der Waals surface area contributed by atoms with Gasteiger partial charge in [0.2, 0.25) is 12.7 Å². The van der Waals surface area contributed by atoms with Crippen LogP contribution in [0.4, 0.5) is 5.69 Å². The quantitative estimate of drug-likeness (QED) is 0.491. The third-order valence-corrected chi connectivity index (χ3v) is 6.60. The van der Waals surface area contributed by atoms with Crippen LogP contribution in [0.15, 0.2) is 57.4 Å². The minimum atomic E-state index is -0.543. The van der Waals surface area contributed by atoms with Gasteiger partial charge in [-0.2, -0.15) is 0 Å². The molecule has 0 radical (unpaired) electrons. The predicted molar refractivity (Wildman–Crippen MR) is 127 cm³/mol. The predicted octanol–water partition coefficient (Wildman–Crippen LogP) is 3.26. The summed E-state index contributed by atoms with van der Waals surface area (Å²) in [7, 11) is 0. The lowest BCUT2D eigenvalue weighted by atomic mass is 10.1. The minimum absolute atomic E-state index is 0.0565. The first-order valence-corrected chi connectivity index (χ1v) is 11.2. The van der Waals surface area contributed by atoms with Crippen LogP contribution in [0, 0.1) is 13.8 Å². The van der Waals surface area contributed by atoms with Crippen molar-refractivity contribution in [1.82, 2.24) is 9.13 Å². The third-order valence-electron chi connectivity index (χ3n) is 5.71. The van der Waals surface area contributed by atoms with Gasteiger partial charge in [0, 0.05) is 5.69 Å². The fraction of sp³-hybridized carbons (Fsp3) is 0.208. The summed E-state index contributed by atoms with van der Waals surface area (Å²) in [5.74, 6) is 0.854. The summed E-state index contributed by atoms with van der Waals surface area (Å²) in [5, 5.41) is 4.59. The molecule has 0 bridgehead atoms. The first-order valence-electron chi connectivity index (χ1n) is 10.4. The number of nitrogens with zero attached hydrogens (tertiary/aromatic N) is 2. The number of aromatic nitrogens is 2. The average molecular weight is 464 g/mol. The number of aryl methyl sites for hydroxylation is 2. The van der Waals surface area contributed by atoms with Gasteiger partial charge in [-0.1, -0.05) is 12.1 Å². The zero-order valence-corrected chi connectivity index (χ0v) is 18.9. The molecule has 3 heterocycles. The van der Waals surface area contributed by atoms with E-state index in [0.717, 1.165) is 21.3 Å². The van der Waals surface area contributed by atoms with E-state index in [-0.39, 0.29) is 31.3 Å². The minimum Gasteiger partial charge on any atom is -0.454 e. The summed E-state index contributed by atoms with van der Waals surface area (Å²) in [4.78, 5) is 39.2. The maximum Gasteiger partial charge on any atom is 0.332 e. The molecule has 2 aromatic carbocycles. The number of ether oxygens (including phenoxy) is 2. The zero-order valence-electron chi connectivity index (χ0n) is 18.1. The van der Waals surface area contributed by atoms with Crippen molar-refractivity contribution >= 4 is 33.1 Å². The molecule has 1 N–H and O–H groups in total. The molecule has 9 heteroatoms. The normalized spacial score (nSPS) is 12.3. The number of benzene rings is 2. The topological polar surface area (TPSA) is 91.6 Å². The zero-order chi connectivity index (χ0) is 23.1. The molecule has 0 fully saturated rings. The van der Waals surface area contributed by atoms with Crippen LogP contribution >= 0.6 is 11.3 Å². The molecule has 1 aliphatic rings. The summed E-state index contributed by atoms with van der Waals surface area (Å²) >= 11 is 1.25. The summed E-state index contributed by atoms with van der Waals surface area (Å²) in [6, 6.07) is 12.6. The maximum absolute atomic E-state index is 13.3. The summed E-state index contributed by atoms with van der Waals surface area (Å²) in [6.45, 7) is 3.96. The Morgan fingerprint density at radius 3 is 2.64 bits per heavy atom. The van der Waals surface area contributed by atoms with Gasteiger partial charge < -0.3 is 14.8 Å². The van der Waals surface area contributed by atoms with Gasteiger partial charge in [0.15, 0.2) is 11.5 Å². The van der Waals surface area contributed by atoms with E-state index in [1.165, 1.54) is 15.9 Å². The second-order valence-corrected chi connectivity index (χ2v) is 8.85. The maximum atomic E-state index is 13.3. The van der Waals surface area contributed by atoms with Crippen LogP contribution in [0.3, 0.4) is 0 Å². The fourth-order valence-electron chi connectivity index (χ4n) is 3.81. The molecule has 2 aromatic heterocycles. The number of nitrogens with one attached hydrogen (secondary N) is 1. The van der Waals surface area contributed by atoms with Crippen LogP contribution in [0.5, 0.6) is 11.5 Å². The van der Waals surface area contributed by atoms with Gasteiger partial charge in [-0.15, -0.1) is 11.3 Å². The van der Waals surface area contributed by atoms with Crippen LogP contribution in [0.25, 0.3) is 10.2 Å². The van der Waals surface area contributed by atoms with E-state index >= 15 is 0 Å².